The van der Waals surface area contributed by atoms with E-state index >= 15 is 0 Å². The van der Waals surface area contributed by atoms with E-state index in [4.69, 9.17) is 11.6 Å². The first-order valence-corrected chi connectivity index (χ1v) is 8.85. The zero-order valence-corrected chi connectivity index (χ0v) is 18.2. The Bertz CT molecular complexity index is 846. The molecule has 27 heavy (non-hydrogen) atoms. The van der Waals surface area contributed by atoms with Gasteiger partial charge in [-0.1, -0.05) is 54.1 Å². The van der Waals surface area contributed by atoms with Crippen LogP contribution in [0.1, 0.15) is 17.0 Å². The second-order valence-corrected chi connectivity index (χ2v) is 6.30. The summed E-state index contributed by atoms with van der Waals surface area (Å²) < 4.78 is 2.13. The van der Waals surface area contributed by atoms with Crippen molar-refractivity contribution < 1.29 is 0 Å². The van der Waals surface area contributed by atoms with Crippen molar-refractivity contribution in [1.82, 2.24) is 20.2 Å². The monoisotopic (exact) mass is 495 g/mol. The maximum Gasteiger partial charge on any atom is 0.191 e. The number of imidazole rings is 1. The lowest BCUT2D eigenvalue weighted by Gasteiger charge is -2.13. The van der Waals surface area contributed by atoms with Gasteiger partial charge in [0.15, 0.2) is 5.96 Å². The number of halogens is 2. The molecule has 2 N–H and O–H groups in total. The molecular weight excluding hydrogens is 473 g/mol. The highest BCUT2D eigenvalue weighted by atomic mass is 127. The van der Waals surface area contributed by atoms with Crippen LogP contribution in [-0.4, -0.2) is 22.6 Å². The fourth-order valence-corrected chi connectivity index (χ4v) is 2.73. The van der Waals surface area contributed by atoms with Crippen molar-refractivity contribution in [3.8, 4) is 0 Å². The third-order valence-electron chi connectivity index (χ3n) is 4.01. The van der Waals surface area contributed by atoms with Gasteiger partial charge in [-0.25, -0.2) is 4.98 Å². The summed E-state index contributed by atoms with van der Waals surface area (Å²) in [6, 6.07) is 18.1. The normalized spacial score (nSPS) is 11.0. The van der Waals surface area contributed by atoms with Crippen molar-refractivity contribution in [3.05, 3.63) is 89.0 Å². The summed E-state index contributed by atoms with van der Waals surface area (Å²) in [5.74, 6) is 1.69. The minimum atomic E-state index is 0. The molecule has 0 aliphatic heterocycles. The average Bonchev–Trinajstić information content (AvgIpc) is 3.11. The Labute approximate surface area is 181 Å². The summed E-state index contributed by atoms with van der Waals surface area (Å²) in [4.78, 5) is 8.71. The standard InChI is InChI=1S/C20H22ClN5.HI/c1-22-20(24-13-16-7-9-18(21)10-8-16)25-14-19-23-11-12-26(19)15-17-5-3-2-4-6-17;/h2-12H,13-15H2,1H3,(H2,22,24,25);1H. The molecule has 0 saturated carbocycles. The number of hydrogen-bond acceptors (Lipinski definition) is 2. The van der Waals surface area contributed by atoms with Crippen LogP contribution in [0.2, 0.25) is 5.02 Å². The largest absolute Gasteiger partial charge is 0.352 e. The molecule has 2 aromatic carbocycles. The van der Waals surface area contributed by atoms with Crippen LogP contribution < -0.4 is 10.6 Å². The first kappa shape index (κ1) is 21.2. The van der Waals surface area contributed by atoms with Crippen LogP contribution in [0.4, 0.5) is 0 Å². The topological polar surface area (TPSA) is 54.2 Å². The fraction of sp³-hybridized carbons (Fsp3) is 0.200. The average molecular weight is 496 g/mol. The number of rotatable bonds is 6. The van der Waals surface area contributed by atoms with Crippen LogP contribution in [0, 0.1) is 0 Å². The minimum absolute atomic E-state index is 0. The van der Waals surface area contributed by atoms with Gasteiger partial charge in [-0.05, 0) is 23.3 Å². The molecule has 3 rings (SSSR count). The van der Waals surface area contributed by atoms with Gasteiger partial charge >= 0.3 is 0 Å². The van der Waals surface area contributed by atoms with Crippen LogP contribution in [0.25, 0.3) is 0 Å². The molecule has 0 amide bonds. The van der Waals surface area contributed by atoms with Crippen molar-refractivity contribution in [2.24, 2.45) is 4.99 Å². The van der Waals surface area contributed by atoms with E-state index in [-0.39, 0.29) is 24.0 Å². The van der Waals surface area contributed by atoms with Crippen LogP contribution in [0.5, 0.6) is 0 Å². The number of nitrogens with one attached hydrogen (secondary N) is 2. The van der Waals surface area contributed by atoms with Crippen LogP contribution in [-0.2, 0) is 19.6 Å². The van der Waals surface area contributed by atoms with Crippen LogP contribution >= 0.6 is 35.6 Å². The van der Waals surface area contributed by atoms with Gasteiger partial charge in [0.2, 0.25) is 0 Å². The molecule has 0 aliphatic rings. The van der Waals surface area contributed by atoms with Gasteiger partial charge in [0.25, 0.3) is 0 Å². The zero-order chi connectivity index (χ0) is 18.2. The number of aliphatic imine (C=N–C) groups is 1. The summed E-state index contributed by atoms with van der Waals surface area (Å²) in [6.45, 7) is 2.07. The molecule has 0 unspecified atom stereocenters. The van der Waals surface area contributed by atoms with E-state index in [9.17, 15) is 0 Å². The molecule has 0 fully saturated rings. The molecule has 3 aromatic rings. The lowest BCUT2D eigenvalue weighted by molar-refractivity contribution is 0.688. The smallest absolute Gasteiger partial charge is 0.191 e. The summed E-state index contributed by atoms with van der Waals surface area (Å²) in [7, 11) is 1.76. The van der Waals surface area contributed by atoms with Crippen molar-refractivity contribution in [1.29, 1.82) is 0 Å². The Morgan fingerprint density at radius 1 is 1.00 bits per heavy atom. The Balaban J connectivity index is 0.00000261. The maximum atomic E-state index is 5.92. The molecule has 0 radical (unpaired) electrons. The first-order chi connectivity index (χ1) is 12.7. The van der Waals surface area contributed by atoms with E-state index in [0.29, 0.717) is 13.1 Å². The lowest BCUT2D eigenvalue weighted by Crippen LogP contribution is -2.37. The highest BCUT2D eigenvalue weighted by Crippen LogP contribution is 2.09. The second kappa shape index (κ2) is 10.9. The Kier molecular flexibility index (Phi) is 8.60. The SMILES string of the molecule is CN=C(NCc1ccc(Cl)cc1)NCc1nccn1Cc1ccccc1.I. The summed E-state index contributed by atoms with van der Waals surface area (Å²) in [5.41, 5.74) is 2.39. The molecular formula is C20H23ClIN5. The Morgan fingerprint density at radius 3 is 2.41 bits per heavy atom. The van der Waals surface area contributed by atoms with Gasteiger partial charge in [0.05, 0.1) is 6.54 Å². The Hall–Kier alpha value is -2.06. The molecule has 5 nitrogen and oxygen atoms in total. The third-order valence-corrected chi connectivity index (χ3v) is 4.26. The predicted octanol–water partition coefficient (Wildman–Crippen LogP) is 4.07. The molecule has 1 heterocycles. The van der Waals surface area contributed by atoms with Crippen molar-refractivity contribution in [2.75, 3.05) is 7.05 Å². The minimum Gasteiger partial charge on any atom is -0.352 e. The number of nitrogens with zero attached hydrogens (tertiary/aromatic N) is 3. The van der Waals surface area contributed by atoms with Gasteiger partial charge in [0.1, 0.15) is 5.82 Å². The predicted molar refractivity (Wildman–Crippen MR) is 122 cm³/mol. The van der Waals surface area contributed by atoms with E-state index in [1.807, 2.05) is 54.9 Å². The summed E-state index contributed by atoms with van der Waals surface area (Å²) in [5, 5.41) is 7.34. The molecule has 0 bridgehead atoms. The van der Waals surface area contributed by atoms with Crippen molar-refractivity contribution in [3.63, 3.8) is 0 Å². The van der Waals surface area contributed by atoms with Crippen molar-refractivity contribution >= 4 is 41.5 Å². The van der Waals surface area contributed by atoms with E-state index < -0.39 is 0 Å². The molecule has 0 saturated heterocycles. The molecule has 7 heteroatoms. The van der Waals surface area contributed by atoms with Crippen LogP contribution in [0.15, 0.2) is 72.0 Å². The highest BCUT2D eigenvalue weighted by Gasteiger charge is 2.05. The first-order valence-electron chi connectivity index (χ1n) is 8.47. The second-order valence-electron chi connectivity index (χ2n) is 5.86. The zero-order valence-electron chi connectivity index (χ0n) is 15.1. The Morgan fingerprint density at radius 2 is 1.70 bits per heavy atom. The fourth-order valence-electron chi connectivity index (χ4n) is 2.60. The quantitative estimate of drug-likeness (QED) is 0.308. The van der Waals surface area contributed by atoms with Gasteiger partial charge in [-0.3, -0.25) is 4.99 Å². The summed E-state index contributed by atoms with van der Waals surface area (Å²) >= 11 is 5.92. The molecule has 1 aromatic heterocycles. The molecule has 0 spiro atoms. The van der Waals surface area contributed by atoms with E-state index in [2.05, 4.69) is 37.3 Å². The number of hydrogen-bond donors (Lipinski definition) is 2. The molecule has 0 atom stereocenters. The van der Waals surface area contributed by atoms with Crippen molar-refractivity contribution in [2.45, 2.75) is 19.6 Å². The lowest BCUT2D eigenvalue weighted by atomic mass is 10.2. The van der Waals surface area contributed by atoms with Gasteiger partial charge in [0, 0.05) is 37.6 Å². The number of aromatic nitrogens is 2. The highest BCUT2D eigenvalue weighted by molar-refractivity contribution is 14.0. The van der Waals surface area contributed by atoms with E-state index in [1.165, 1.54) is 5.56 Å². The number of guanidine groups is 1. The van der Waals surface area contributed by atoms with E-state index in [0.717, 1.165) is 28.9 Å². The molecule has 142 valence electrons. The van der Waals surface area contributed by atoms with Crippen LogP contribution in [0.3, 0.4) is 0 Å². The number of benzene rings is 2. The third kappa shape index (κ3) is 6.55. The maximum absolute atomic E-state index is 5.92. The van der Waals surface area contributed by atoms with E-state index in [1.54, 1.807) is 7.05 Å². The van der Waals surface area contributed by atoms with Gasteiger partial charge in [-0.15, -0.1) is 24.0 Å². The van der Waals surface area contributed by atoms with Gasteiger partial charge < -0.3 is 15.2 Å². The summed E-state index contributed by atoms with van der Waals surface area (Å²) in [6.07, 6.45) is 3.82. The van der Waals surface area contributed by atoms with Gasteiger partial charge in [-0.2, -0.15) is 0 Å². The molecule has 0 aliphatic carbocycles.